The first-order valence-corrected chi connectivity index (χ1v) is 4.28. The van der Waals surface area contributed by atoms with Gasteiger partial charge >= 0.3 is 0 Å². The predicted molar refractivity (Wildman–Crippen MR) is 54.2 cm³/mol. The monoisotopic (exact) mass is 205 g/mol. The molecule has 0 saturated heterocycles. The molecule has 0 atom stereocenters. The van der Waals surface area contributed by atoms with Crippen LogP contribution in [0.3, 0.4) is 0 Å². The summed E-state index contributed by atoms with van der Waals surface area (Å²) in [4.78, 5) is 15.4. The molecule has 2 rings (SSSR count). The van der Waals surface area contributed by atoms with Crippen molar-refractivity contribution < 1.29 is 4.39 Å². The van der Waals surface area contributed by atoms with Crippen molar-refractivity contribution in [3.8, 4) is 5.82 Å². The molecule has 4 nitrogen and oxygen atoms in total. The van der Waals surface area contributed by atoms with E-state index in [1.165, 1.54) is 18.3 Å². The number of halogens is 1. The van der Waals surface area contributed by atoms with Gasteiger partial charge in [-0.3, -0.25) is 4.79 Å². The highest BCUT2D eigenvalue weighted by Crippen LogP contribution is 2.05. The van der Waals surface area contributed by atoms with Crippen LogP contribution in [0.5, 0.6) is 0 Å². The quantitative estimate of drug-likeness (QED) is 0.705. The van der Waals surface area contributed by atoms with Crippen LogP contribution in [-0.2, 0) is 0 Å². The highest BCUT2D eigenvalue weighted by molar-refractivity contribution is 5.37. The van der Waals surface area contributed by atoms with Gasteiger partial charge in [0, 0.05) is 6.20 Å². The van der Waals surface area contributed by atoms with Crippen molar-refractivity contribution in [2.45, 2.75) is 0 Å². The van der Waals surface area contributed by atoms with Gasteiger partial charge in [-0.05, 0) is 24.3 Å². The van der Waals surface area contributed by atoms with E-state index in [1.54, 1.807) is 12.1 Å². The number of pyridine rings is 2. The van der Waals surface area contributed by atoms with Crippen molar-refractivity contribution in [1.82, 2.24) is 9.55 Å². The smallest absolute Gasteiger partial charge is 0.281 e. The highest BCUT2D eigenvalue weighted by atomic mass is 19.1. The van der Waals surface area contributed by atoms with Crippen LogP contribution in [0.2, 0.25) is 0 Å². The molecule has 5 heteroatoms. The van der Waals surface area contributed by atoms with E-state index in [9.17, 15) is 9.18 Å². The Morgan fingerprint density at radius 1 is 1.27 bits per heavy atom. The van der Waals surface area contributed by atoms with E-state index in [2.05, 4.69) is 4.98 Å². The van der Waals surface area contributed by atoms with Crippen LogP contribution in [0.1, 0.15) is 0 Å². The summed E-state index contributed by atoms with van der Waals surface area (Å²) in [6, 6.07) is 7.24. The first-order valence-electron chi connectivity index (χ1n) is 4.28. The standard InChI is InChI=1S/C10H8FN3O/c11-8-5-4-7(12)10(15)14(8)9-3-1-2-6-13-9/h1-6H,12H2. The summed E-state index contributed by atoms with van der Waals surface area (Å²) in [5.74, 6) is -0.472. The zero-order valence-electron chi connectivity index (χ0n) is 7.72. The molecule has 0 radical (unpaired) electrons. The van der Waals surface area contributed by atoms with E-state index < -0.39 is 11.5 Å². The number of anilines is 1. The molecule has 2 N–H and O–H groups in total. The SMILES string of the molecule is Nc1ccc(F)n(-c2ccccn2)c1=O. The number of rotatable bonds is 1. The maximum absolute atomic E-state index is 13.4. The van der Waals surface area contributed by atoms with Gasteiger partial charge in [0.2, 0.25) is 5.95 Å². The van der Waals surface area contributed by atoms with Crippen molar-refractivity contribution in [3.05, 3.63) is 52.8 Å². The summed E-state index contributed by atoms with van der Waals surface area (Å²) in [5.41, 5.74) is 4.78. The Morgan fingerprint density at radius 2 is 2.07 bits per heavy atom. The molecule has 0 aliphatic heterocycles. The largest absolute Gasteiger partial charge is 0.394 e. The topological polar surface area (TPSA) is 60.9 Å². The van der Waals surface area contributed by atoms with Crippen molar-refractivity contribution in [3.63, 3.8) is 0 Å². The Morgan fingerprint density at radius 3 is 2.73 bits per heavy atom. The van der Waals surface area contributed by atoms with Crippen molar-refractivity contribution >= 4 is 5.69 Å². The molecule has 0 saturated carbocycles. The Kier molecular flexibility index (Phi) is 2.21. The molecule has 0 spiro atoms. The fraction of sp³-hybridized carbons (Fsp3) is 0. The lowest BCUT2D eigenvalue weighted by molar-refractivity contribution is 0.540. The average Bonchev–Trinajstić information content (AvgIpc) is 2.26. The molecule has 0 aliphatic rings. The molecular weight excluding hydrogens is 197 g/mol. The van der Waals surface area contributed by atoms with Gasteiger partial charge in [-0.15, -0.1) is 0 Å². The van der Waals surface area contributed by atoms with Gasteiger partial charge in [0.15, 0.2) is 0 Å². The normalized spacial score (nSPS) is 10.2. The minimum absolute atomic E-state index is 0.0120. The molecule has 0 amide bonds. The average molecular weight is 205 g/mol. The van der Waals surface area contributed by atoms with Crippen LogP contribution < -0.4 is 11.3 Å². The minimum atomic E-state index is -0.687. The highest BCUT2D eigenvalue weighted by Gasteiger charge is 2.08. The zero-order chi connectivity index (χ0) is 10.8. The first kappa shape index (κ1) is 9.39. The molecule has 2 aromatic heterocycles. The fourth-order valence-electron chi connectivity index (χ4n) is 1.23. The van der Waals surface area contributed by atoms with Gasteiger partial charge in [0.05, 0.1) is 5.69 Å². The number of nitrogen functional groups attached to an aromatic ring is 1. The Labute approximate surface area is 84.8 Å². The third-order valence-corrected chi connectivity index (χ3v) is 1.94. The maximum atomic E-state index is 13.4. The Bertz CT molecular complexity index is 536. The van der Waals surface area contributed by atoms with Gasteiger partial charge in [0.25, 0.3) is 5.56 Å². The van der Waals surface area contributed by atoms with Gasteiger partial charge in [-0.2, -0.15) is 4.39 Å². The van der Waals surface area contributed by atoms with Crippen molar-refractivity contribution in [1.29, 1.82) is 0 Å². The second-order valence-corrected chi connectivity index (χ2v) is 2.94. The van der Waals surface area contributed by atoms with Crippen LogP contribution in [0.4, 0.5) is 10.1 Å². The first-order chi connectivity index (χ1) is 7.20. The van der Waals surface area contributed by atoms with Gasteiger partial charge < -0.3 is 5.73 Å². The molecule has 0 unspecified atom stereocenters. The summed E-state index contributed by atoms with van der Waals surface area (Å²) in [7, 11) is 0. The third kappa shape index (κ3) is 1.59. The summed E-state index contributed by atoms with van der Waals surface area (Å²) in [5, 5.41) is 0. The molecule has 0 bridgehead atoms. The second kappa shape index (κ2) is 3.53. The van der Waals surface area contributed by atoms with Crippen LogP contribution in [0.15, 0.2) is 41.3 Å². The van der Waals surface area contributed by atoms with E-state index >= 15 is 0 Å². The van der Waals surface area contributed by atoms with Gasteiger partial charge in [0.1, 0.15) is 5.82 Å². The lowest BCUT2D eigenvalue weighted by Gasteiger charge is -2.06. The summed E-state index contributed by atoms with van der Waals surface area (Å²) >= 11 is 0. The summed E-state index contributed by atoms with van der Waals surface area (Å²) in [6.07, 6.45) is 1.48. The number of nitrogens with zero attached hydrogens (tertiary/aromatic N) is 2. The molecule has 0 aromatic carbocycles. The number of nitrogens with two attached hydrogens (primary N) is 1. The van der Waals surface area contributed by atoms with Crippen molar-refractivity contribution in [2.75, 3.05) is 5.73 Å². The summed E-state index contributed by atoms with van der Waals surface area (Å²) in [6.45, 7) is 0. The number of aromatic nitrogens is 2. The third-order valence-electron chi connectivity index (χ3n) is 1.94. The van der Waals surface area contributed by atoms with Crippen molar-refractivity contribution in [2.24, 2.45) is 0 Å². The molecular formula is C10H8FN3O. The molecule has 15 heavy (non-hydrogen) atoms. The lowest BCUT2D eigenvalue weighted by atomic mass is 10.4. The number of hydrogen-bond acceptors (Lipinski definition) is 3. The number of hydrogen-bond donors (Lipinski definition) is 1. The molecule has 0 aliphatic carbocycles. The maximum Gasteiger partial charge on any atom is 0.281 e. The second-order valence-electron chi connectivity index (χ2n) is 2.94. The molecule has 2 aromatic rings. The van der Waals surface area contributed by atoms with E-state index in [-0.39, 0.29) is 11.5 Å². The molecule has 76 valence electrons. The van der Waals surface area contributed by atoms with Crippen LogP contribution in [0, 0.1) is 5.95 Å². The van der Waals surface area contributed by atoms with E-state index in [4.69, 9.17) is 5.73 Å². The van der Waals surface area contributed by atoms with Crippen LogP contribution >= 0.6 is 0 Å². The van der Waals surface area contributed by atoms with Crippen LogP contribution in [0.25, 0.3) is 5.82 Å². The molecule has 2 heterocycles. The fourth-order valence-corrected chi connectivity index (χ4v) is 1.23. The minimum Gasteiger partial charge on any atom is -0.394 e. The predicted octanol–water partition coefficient (Wildman–Crippen LogP) is 0.954. The van der Waals surface area contributed by atoms with E-state index in [0.717, 1.165) is 10.6 Å². The van der Waals surface area contributed by atoms with E-state index in [0.29, 0.717) is 0 Å². The Hall–Kier alpha value is -2.17. The van der Waals surface area contributed by atoms with Crippen LogP contribution in [-0.4, -0.2) is 9.55 Å². The van der Waals surface area contributed by atoms with E-state index in [1.807, 2.05) is 0 Å². The lowest BCUT2D eigenvalue weighted by Crippen LogP contribution is -2.24. The molecule has 0 fully saturated rings. The Balaban J connectivity index is 2.73. The van der Waals surface area contributed by atoms with Gasteiger partial charge in [-0.25, -0.2) is 9.55 Å². The zero-order valence-corrected chi connectivity index (χ0v) is 7.72. The summed E-state index contributed by atoms with van der Waals surface area (Å²) < 4.78 is 14.2. The van der Waals surface area contributed by atoms with Gasteiger partial charge in [-0.1, -0.05) is 6.07 Å².